The first-order chi connectivity index (χ1) is 7.54. The molecule has 16 heavy (non-hydrogen) atoms. The van der Waals surface area contributed by atoms with Crippen LogP contribution in [0.4, 0.5) is 0 Å². The summed E-state index contributed by atoms with van der Waals surface area (Å²) in [5.74, 6) is -0.107. The van der Waals surface area contributed by atoms with E-state index in [0.29, 0.717) is 12.3 Å². The monoisotopic (exact) mass is 228 g/mol. The number of hydrogen-bond donors (Lipinski definition) is 2. The zero-order chi connectivity index (χ0) is 12.2. The van der Waals surface area contributed by atoms with Crippen molar-refractivity contribution in [2.45, 2.75) is 38.6 Å². The molecule has 1 aliphatic rings. The van der Waals surface area contributed by atoms with Crippen molar-refractivity contribution in [2.75, 3.05) is 26.7 Å². The summed E-state index contributed by atoms with van der Waals surface area (Å²) in [5.41, 5.74) is -0.688. The maximum Gasteiger partial charge on any atom is 0.323 e. The number of carboxylic acids is 1. The Morgan fingerprint density at radius 3 is 2.81 bits per heavy atom. The summed E-state index contributed by atoms with van der Waals surface area (Å²) in [6.45, 7) is 6.59. The molecule has 2 N–H and O–H groups in total. The van der Waals surface area contributed by atoms with E-state index in [2.05, 4.69) is 10.2 Å². The van der Waals surface area contributed by atoms with Crippen molar-refractivity contribution in [1.82, 2.24) is 10.2 Å². The summed E-state index contributed by atoms with van der Waals surface area (Å²) in [4.78, 5) is 13.5. The van der Waals surface area contributed by atoms with Crippen molar-refractivity contribution >= 4 is 5.97 Å². The molecular weight excluding hydrogens is 204 g/mol. The standard InChI is InChI=1S/C12H24N2O2/c1-4-12(2,11(15)16)14-7-5-6-10(9-14)8-13-3/h10,13H,4-9H2,1-3H3,(H,15,16). The van der Waals surface area contributed by atoms with Gasteiger partial charge in [-0.05, 0) is 52.2 Å². The molecule has 0 aromatic heterocycles. The number of nitrogens with one attached hydrogen (secondary N) is 1. The molecule has 0 radical (unpaired) electrons. The van der Waals surface area contributed by atoms with Crippen LogP contribution in [0.1, 0.15) is 33.1 Å². The molecule has 1 heterocycles. The van der Waals surface area contributed by atoms with E-state index in [1.165, 1.54) is 6.42 Å². The van der Waals surface area contributed by atoms with Gasteiger partial charge in [0.25, 0.3) is 0 Å². The predicted molar refractivity (Wildman–Crippen MR) is 64.6 cm³/mol. The molecular formula is C12H24N2O2. The van der Waals surface area contributed by atoms with E-state index >= 15 is 0 Å². The fourth-order valence-electron chi connectivity index (χ4n) is 2.48. The average Bonchev–Trinajstić information content (AvgIpc) is 2.28. The summed E-state index contributed by atoms with van der Waals surface area (Å²) < 4.78 is 0. The Bertz CT molecular complexity index is 243. The quantitative estimate of drug-likeness (QED) is 0.741. The lowest BCUT2D eigenvalue weighted by Gasteiger charge is -2.42. The van der Waals surface area contributed by atoms with Gasteiger partial charge in [-0.15, -0.1) is 0 Å². The lowest BCUT2D eigenvalue weighted by Crippen LogP contribution is -2.56. The average molecular weight is 228 g/mol. The third-order valence-corrected chi connectivity index (χ3v) is 3.86. The van der Waals surface area contributed by atoms with Crippen LogP contribution >= 0.6 is 0 Å². The summed E-state index contributed by atoms with van der Waals surface area (Å²) in [5, 5.41) is 12.5. The van der Waals surface area contributed by atoms with E-state index in [1.54, 1.807) is 0 Å². The topological polar surface area (TPSA) is 52.6 Å². The zero-order valence-corrected chi connectivity index (χ0v) is 10.6. The predicted octanol–water partition coefficient (Wildman–Crippen LogP) is 1.17. The normalized spacial score (nSPS) is 26.3. The first kappa shape index (κ1) is 13.5. The molecule has 0 saturated carbocycles. The summed E-state index contributed by atoms with van der Waals surface area (Å²) in [7, 11) is 1.95. The van der Waals surface area contributed by atoms with Crippen molar-refractivity contribution in [3.8, 4) is 0 Å². The van der Waals surface area contributed by atoms with Crippen LogP contribution in [0, 0.1) is 5.92 Å². The Morgan fingerprint density at radius 1 is 1.62 bits per heavy atom. The highest BCUT2D eigenvalue weighted by Gasteiger charge is 2.39. The smallest absolute Gasteiger partial charge is 0.323 e. The fraction of sp³-hybridized carbons (Fsp3) is 0.917. The lowest BCUT2D eigenvalue weighted by atomic mass is 9.89. The van der Waals surface area contributed by atoms with Crippen LogP contribution in [0.5, 0.6) is 0 Å². The van der Waals surface area contributed by atoms with Crippen molar-refractivity contribution in [3.63, 3.8) is 0 Å². The van der Waals surface area contributed by atoms with E-state index < -0.39 is 11.5 Å². The Hall–Kier alpha value is -0.610. The van der Waals surface area contributed by atoms with Crippen LogP contribution in [0.3, 0.4) is 0 Å². The molecule has 4 heteroatoms. The number of rotatable bonds is 5. The highest BCUT2D eigenvalue weighted by Crippen LogP contribution is 2.26. The fourth-order valence-corrected chi connectivity index (χ4v) is 2.48. The minimum Gasteiger partial charge on any atom is -0.480 e. The molecule has 1 aliphatic heterocycles. The third kappa shape index (κ3) is 2.74. The first-order valence-electron chi connectivity index (χ1n) is 6.17. The maximum atomic E-state index is 11.4. The molecule has 0 bridgehead atoms. The number of carboxylic acid groups (broad SMARTS) is 1. The second-order valence-corrected chi connectivity index (χ2v) is 4.94. The van der Waals surface area contributed by atoms with Gasteiger partial charge in [0.2, 0.25) is 0 Å². The number of nitrogens with zero attached hydrogens (tertiary/aromatic N) is 1. The Morgan fingerprint density at radius 2 is 2.31 bits per heavy atom. The van der Waals surface area contributed by atoms with Crippen molar-refractivity contribution in [3.05, 3.63) is 0 Å². The van der Waals surface area contributed by atoms with Crippen LogP contribution in [0.2, 0.25) is 0 Å². The first-order valence-corrected chi connectivity index (χ1v) is 6.17. The van der Waals surface area contributed by atoms with E-state index in [0.717, 1.165) is 26.1 Å². The van der Waals surface area contributed by atoms with Crippen molar-refractivity contribution in [1.29, 1.82) is 0 Å². The molecule has 1 saturated heterocycles. The van der Waals surface area contributed by atoms with Gasteiger partial charge in [0.1, 0.15) is 5.54 Å². The number of hydrogen-bond acceptors (Lipinski definition) is 3. The van der Waals surface area contributed by atoms with Crippen molar-refractivity contribution < 1.29 is 9.90 Å². The van der Waals surface area contributed by atoms with Gasteiger partial charge in [-0.3, -0.25) is 9.69 Å². The van der Waals surface area contributed by atoms with Crippen LogP contribution in [-0.4, -0.2) is 48.2 Å². The molecule has 2 atom stereocenters. The Kier molecular flexibility index (Phi) is 4.74. The number of likely N-dealkylation sites (tertiary alicyclic amines) is 1. The van der Waals surface area contributed by atoms with Crippen LogP contribution in [0.15, 0.2) is 0 Å². The van der Waals surface area contributed by atoms with Crippen LogP contribution in [0.25, 0.3) is 0 Å². The van der Waals surface area contributed by atoms with Crippen LogP contribution in [-0.2, 0) is 4.79 Å². The Balaban J connectivity index is 2.67. The van der Waals surface area contributed by atoms with Gasteiger partial charge < -0.3 is 10.4 Å². The van der Waals surface area contributed by atoms with Gasteiger partial charge in [-0.25, -0.2) is 0 Å². The largest absolute Gasteiger partial charge is 0.480 e. The molecule has 4 nitrogen and oxygen atoms in total. The SMILES string of the molecule is CCC(C)(C(=O)O)N1CCCC(CNC)C1. The molecule has 0 aromatic carbocycles. The minimum atomic E-state index is -0.694. The highest BCUT2D eigenvalue weighted by atomic mass is 16.4. The second-order valence-electron chi connectivity index (χ2n) is 4.94. The number of carbonyl (C=O) groups is 1. The third-order valence-electron chi connectivity index (χ3n) is 3.86. The highest BCUT2D eigenvalue weighted by molar-refractivity contribution is 5.78. The molecule has 0 aromatic rings. The van der Waals surface area contributed by atoms with Gasteiger partial charge in [0, 0.05) is 6.54 Å². The lowest BCUT2D eigenvalue weighted by molar-refractivity contribution is -0.152. The van der Waals surface area contributed by atoms with Crippen LogP contribution < -0.4 is 5.32 Å². The molecule has 0 spiro atoms. The Labute approximate surface area is 98.0 Å². The molecule has 1 rings (SSSR count). The molecule has 1 fully saturated rings. The zero-order valence-electron chi connectivity index (χ0n) is 10.6. The van der Waals surface area contributed by atoms with Gasteiger partial charge in [0.05, 0.1) is 0 Å². The van der Waals surface area contributed by atoms with E-state index in [9.17, 15) is 9.90 Å². The minimum absolute atomic E-state index is 0.587. The number of aliphatic carboxylic acids is 1. The van der Waals surface area contributed by atoms with E-state index in [1.807, 2.05) is 20.9 Å². The second kappa shape index (κ2) is 5.64. The molecule has 94 valence electrons. The molecule has 0 aliphatic carbocycles. The van der Waals surface area contributed by atoms with Gasteiger partial charge in [-0.2, -0.15) is 0 Å². The van der Waals surface area contributed by atoms with Gasteiger partial charge in [-0.1, -0.05) is 6.92 Å². The maximum absolute atomic E-state index is 11.4. The summed E-state index contributed by atoms with van der Waals surface area (Å²) in [6, 6.07) is 0. The molecule has 0 amide bonds. The molecule has 2 unspecified atom stereocenters. The summed E-state index contributed by atoms with van der Waals surface area (Å²) >= 11 is 0. The number of piperidine rings is 1. The van der Waals surface area contributed by atoms with Gasteiger partial charge in [0.15, 0.2) is 0 Å². The van der Waals surface area contributed by atoms with Gasteiger partial charge >= 0.3 is 5.97 Å². The summed E-state index contributed by atoms with van der Waals surface area (Å²) in [6.07, 6.45) is 2.97. The van der Waals surface area contributed by atoms with E-state index in [-0.39, 0.29) is 0 Å². The van der Waals surface area contributed by atoms with Crippen molar-refractivity contribution in [2.24, 2.45) is 5.92 Å². The van der Waals surface area contributed by atoms with E-state index in [4.69, 9.17) is 0 Å².